The maximum Gasteiger partial charge on any atom is 0.295 e. The minimum absolute atomic E-state index is 0.123. The SMILES string of the molecule is C=CCOc1cccc(C2/C(=C(\[O-])c3ccc(F)cc3)C(=O)C(=O)N2CC[NH+](CC)CC)c1. The zero-order chi connectivity index (χ0) is 24.0. The third-order valence-electron chi connectivity index (χ3n) is 5.88. The zero-order valence-electron chi connectivity index (χ0n) is 19.0. The van der Waals surface area contributed by atoms with Crippen LogP contribution in [0.5, 0.6) is 5.75 Å². The van der Waals surface area contributed by atoms with Crippen molar-refractivity contribution >= 4 is 17.4 Å². The van der Waals surface area contributed by atoms with Crippen molar-refractivity contribution in [3.63, 3.8) is 0 Å². The summed E-state index contributed by atoms with van der Waals surface area (Å²) in [6.45, 7) is 10.8. The predicted octanol–water partition coefficient (Wildman–Crippen LogP) is 1.54. The Labute approximate surface area is 193 Å². The van der Waals surface area contributed by atoms with E-state index in [0.717, 1.165) is 25.2 Å². The number of carbonyl (C=O) groups is 2. The molecule has 174 valence electrons. The Kier molecular flexibility index (Phi) is 8.01. The Morgan fingerprint density at radius 2 is 1.88 bits per heavy atom. The Morgan fingerprint density at radius 1 is 1.18 bits per heavy atom. The van der Waals surface area contributed by atoms with Crippen LogP contribution < -0.4 is 14.7 Å². The van der Waals surface area contributed by atoms with E-state index in [1.54, 1.807) is 30.3 Å². The number of halogens is 1. The van der Waals surface area contributed by atoms with Gasteiger partial charge in [-0.25, -0.2) is 4.39 Å². The van der Waals surface area contributed by atoms with Gasteiger partial charge in [-0.3, -0.25) is 9.59 Å². The molecular formula is C26H29FN2O4. The fraction of sp³-hybridized carbons (Fsp3) is 0.308. The van der Waals surface area contributed by atoms with E-state index in [0.29, 0.717) is 31.0 Å². The van der Waals surface area contributed by atoms with Gasteiger partial charge in [-0.05, 0) is 49.2 Å². The second kappa shape index (κ2) is 10.9. The van der Waals surface area contributed by atoms with Crippen LogP contribution in [0, 0.1) is 5.82 Å². The second-order valence-corrected chi connectivity index (χ2v) is 7.86. The lowest BCUT2D eigenvalue weighted by Gasteiger charge is -2.28. The molecule has 1 heterocycles. The van der Waals surface area contributed by atoms with Gasteiger partial charge in [0.2, 0.25) is 5.78 Å². The first kappa shape index (κ1) is 24.2. The summed E-state index contributed by atoms with van der Waals surface area (Å²) in [5, 5.41) is 13.3. The molecule has 0 radical (unpaired) electrons. The first-order valence-corrected chi connectivity index (χ1v) is 11.1. The number of nitrogens with one attached hydrogen (secondary N) is 1. The summed E-state index contributed by atoms with van der Waals surface area (Å²) < 4.78 is 19.0. The third-order valence-corrected chi connectivity index (χ3v) is 5.88. The highest BCUT2D eigenvalue weighted by Crippen LogP contribution is 2.39. The molecule has 0 bridgehead atoms. The standard InChI is InChI=1S/C26H29FN2O4/c1-4-16-33-21-9-7-8-19(17-21)23-22(24(30)18-10-12-20(27)13-11-18)25(31)26(32)29(23)15-14-28(5-2)6-3/h4,7-13,17,23,30H,1,5-6,14-16H2,2-3H3/b24-22+. The molecule has 0 aromatic heterocycles. The molecule has 1 atom stereocenters. The minimum Gasteiger partial charge on any atom is -0.872 e. The van der Waals surface area contributed by atoms with Crippen LogP contribution in [-0.2, 0) is 9.59 Å². The number of carbonyl (C=O) groups excluding carboxylic acids is 2. The number of Topliss-reactive ketones (excluding diaryl/α,β-unsaturated/α-hetero) is 1. The first-order valence-electron chi connectivity index (χ1n) is 11.1. The van der Waals surface area contributed by atoms with Gasteiger partial charge in [0.25, 0.3) is 5.91 Å². The molecule has 1 saturated heterocycles. The lowest BCUT2D eigenvalue weighted by atomic mass is 9.95. The van der Waals surface area contributed by atoms with Crippen molar-refractivity contribution in [2.45, 2.75) is 19.9 Å². The van der Waals surface area contributed by atoms with Gasteiger partial charge in [-0.15, -0.1) is 0 Å². The van der Waals surface area contributed by atoms with Crippen molar-refractivity contribution in [1.29, 1.82) is 0 Å². The fourth-order valence-corrected chi connectivity index (χ4v) is 4.02. The van der Waals surface area contributed by atoms with Gasteiger partial charge < -0.3 is 19.6 Å². The van der Waals surface area contributed by atoms with E-state index in [1.165, 1.54) is 21.9 Å². The van der Waals surface area contributed by atoms with Crippen LogP contribution in [0.3, 0.4) is 0 Å². The second-order valence-electron chi connectivity index (χ2n) is 7.86. The third kappa shape index (κ3) is 5.31. The lowest BCUT2D eigenvalue weighted by molar-refractivity contribution is -0.895. The number of quaternary nitrogens is 1. The van der Waals surface area contributed by atoms with Crippen LogP contribution in [0.15, 0.2) is 66.8 Å². The van der Waals surface area contributed by atoms with E-state index >= 15 is 0 Å². The number of ether oxygens (including phenoxy) is 1. The van der Waals surface area contributed by atoms with Crippen LogP contribution in [0.2, 0.25) is 0 Å². The van der Waals surface area contributed by atoms with E-state index < -0.39 is 29.3 Å². The van der Waals surface area contributed by atoms with Crippen LogP contribution in [0.1, 0.15) is 31.0 Å². The van der Waals surface area contributed by atoms with Gasteiger partial charge in [0.15, 0.2) is 0 Å². The summed E-state index contributed by atoms with van der Waals surface area (Å²) in [4.78, 5) is 28.8. The van der Waals surface area contributed by atoms with Crippen molar-refractivity contribution in [3.8, 4) is 5.75 Å². The highest BCUT2D eigenvalue weighted by atomic mass is 19.1. The molecule has 0 spiro atoms. The lowest BCUT2D eigenvalue weighted by Crippen LogP contribution is -3.12. The smallest absolute Gasteiger partial charge is 0.295 e. The first-order chi connectivity index (χ1) is 15.9. The summed E-state index contributed by atoms with van der Waals surface area (Å²) in [6, 6.07) is 11.2. The molecule has 6 nitrogen and oxygen atoms in total. The fourth-order valence-electron chi connectivity index (χ4n) is 4.02. The topological polar surface area (TPSA) is 74.1 Å². The molecule has 1 amide bonds. The van der Waals surface area contributed by atoms with Crippen molar-refractivity contribution in [2.24, 2.45) is 0 Å². The largest absolute Gasteiger partial charge is 0.872 e. The molecule has 2 aromatic carbocycles. The number of hydrogen-bond acceptors (Lipinski definition) is 4. The van der Waals surface area contributed by atoms with Crippen LogP contribution in [-0.4, -0.2) is 49.4 Å². The maximum absolute atomic E-state index is 13.4. The quantitative estimate of drug-likeness (QED) is 0.257. The van der Waals surface area contributed by atoms with Crippen LogP contribution in [0.4, 0.5) is 4.39 Å². The molecule has 1 N–H and O–H groups in total. The minimum atomic E-state index is -0.843. The maximum atomic E-state index is 13.4. The monoisotopic (exact) mass is 452 g/mol. The van der Waals surface area contributed by atoms with E-state index in [-0.39, 0.29) is 11.1 Å². The van der Waals surface area contributed by atoms with E-state index in [1.807, 2.05) is 0 Å². The number of amides is 1. The van der Waals surface area contributed by atoms with Gasteiger partial charge in [0.05, 0.1) is 32.2 Å². The number of benzene rings is 2. The zero-order valence-corrected chi connectivity index (χ0v) is 19.0. The molecule has 33 heavy (non-hydrogen) atoms. The van der Waals surface area contributed by atoms with E-state index in [2.05, 4.69) is 20.4 Å². The van der Waals surface area contributed by atoms with Crippen molar-refractivity contribution < 1.29 is 28.7 Å². The number of hydrogen-bond donors (Lipinski definition) is 1. The predicted molar refractivity (Wildman–Crippen MR) is 122 cm³/mol. The average Bonchev–Trinajstić information content (AvgIpc) is 3.08. The van der Waals surface area contributed by atoms with Gasteiger partial charge in [0, 0.05) is 5.57 Å². The van der Waals surface area contributed by atoms with Gasteiger partial charge >= 0.3 is 0 Å². The molecule has 1 fully saturated rings. The molecule has 1 aliphatic rings. The van der Waals surface area contributed by atoms with Crippen molar-refractivity contribution in [3.05, 3.63) is 83.7 Å². The number of ketones is 1. The van der Waals surface area contributed by atoms with Crippen molar-refractivity contribution in [2.75, 3.05) is 32.8 Å². The number of likely N-dealkylation sites (N-methyl/N-ethyl adjacent to an activating group) is 1. The molecular weight excluding hydrogens is 423 g/mol. The number of nitrogens with zero attached hydrogens (tertiary/aromatic N) is 1. The molecule has 2 aromatic rings. The van der Waals surface area contributed by atoms with Gasteiger partial charge in [0.1, 0.15) is 18.2 Å². The number of likely N-dealkylation sites (tertiary alicyclic amines) is 1. The van der Waals surface area contributed by atoms with E-state index in [9.17, 15) is 19.1 Å². The summed E-state index contributed by atoms with van der Waals surface area (Å²) in [6.07, 6.45) is 1.62. The highest BCUT2D eigenvalue weighted by molar-refractivity contribution is 6.46. The average molecular weight is 453 g/mol. The van der Waals surface area contributed by atoms with Crippen LogP contribution in [0.25, 0.3) is 5.76 Å². The Bertz CT molecular complexity index is 1040. The molecule has 7 heteroatoms. The molecule has 3 rings (SSSR count). The summed E-state index contributed by atoms with van der Waals surface area (Å²) in [7, 11) is 0. The van der Waals surface area contributed by atoms with Crippen molar-refractivity contribution in [1.82, 2.24) is 4.90 Å². The highest BCUT2D eigenvalue weighted by Gasteiger charge is 2.44. The molecule has 0 saturated carbocycles. The Balaban J connectivity index is 2.09. The van der Waals surface area contributed by atoms with Crippen LogP contribution >= 0.6 is 0 Å². The van der Waals surface area contributed by atoms with Gasteiger partial charge in [-0.1, -0.05) is 42.7 Å². The molecule has 1 unspecified atom stereocenters. The summed E-state index contributed by atoms with van der Waals surface area (Å²) in [5.74, 6) is -2.04. The van der Waals surface area contributed by atoms with E-state index in [4.69, 9.17) is 4.74 Å². The summed E-state index contributed by atoms with van der Waals surface area (Å²) >= 11 is 0. The van der Waals surface area contributed by atoms with Gasteiger partial charge in [-0.2, -0.15) is 0 Å². The Hall–Kier alpha value is -3.45. The molecule has 0 aliphatic carbocycles. The molecule has 1 aliphatic heterocycles. The Morgan fingerprint density at radius 3 is 2.52 bits per heavy atom. The summed E-state index contributed by atoms with van der Waals surface area (Å²) in [5.41, 5.74) is 0.644. The number of rotatable bonds is 10. The normalized spacial score (nSPS) is 17.6.